The molecule has 1 amide bonds. The van der Waals surface area contributed by atoms with E-state index in [1.165, 1.54) is 53.4 Å². The fourth-order valence-corrected chi connectivity index (χ4v) is 4.81. The molecule has 0 bridgehead atoms. The number of nitrogens with zero attached hydrogens (tertiary/aromatic N) is 3. The van der Waals surface area contributed by atoms with E-state index >= 15 is 0 Å². The van der Waals surface area contributed by atoms with Crippen LogP contribution >= 0.6 is 0 Å². The highest BCUT2D eigenvalue weighted by atomic mass is 19.1. The minimum Gasteiger partial charge on any atom is -0.462 e. The maximum Gasteiger partial charge on any atom is 0.340 e. The minimum atomic E-state index is -0.556. The largest absolute Gasteiger partial charge is 0.462 e. The van der Waals surface area contributed by atoms with E-state index in [1.54, 1.807) is 31.2 Å². The van der Waals surface area contributed by atoms with Crippen LogP contribution in [-0.4, -0.2) is 60.3 Å². The highest BCUT2D eigenvalue weighted by Crippen LogP contribution is 2.26. The number of carbonyl (C=O) groups is 3. The second kappa shape index (κ2) is 13.1. The van der Waals surface area contributed by atoms with Crippen molar-refractivity contribution in [3.63, 3.8) is 0 Å². The van der Waals surface area contributed by atoms with Gasteiger partial charge in [0.1, 0.15) is 5.82 Å². The van der Waals surface area contributed by atoms with Gasteiger partial charge in [-0.15, -0.1) is 0 Å². The van der Waals surface area contributed by atoms with Crippen LogP contribution < -0.4 is 4.90 Å². The van der Waals surface area contributed by atoms with Crippen LogP contribution in [0.2, 0.25) is 0 Å². The molecule has 1 aliphatic rings. The molecule has 1 fully saturated rings. The quantitative estimate of drug-likeness (QED) is 0.149. The van der Waals surface area contributed by atoms with Crippen molar-refractivity contribution in [1.82, 2.24) is 4.90 Å². The van der Waals surface area contributed by atoms with Gasteiger partial charge in [-0.3, -0.25) is 19.7 Å². The zero-order valence-electron chi connectivity index (χ0n) is 22.1. The number of halogens is 1. The predicted molar refractivity (Wildman–Crippen MR) is 147 cm³/mol. The Labute approximate surface area is 231 Å². The van der Waals surface area contributed by atoms with E-state index in [9.17, 15) is 28.9 Å². The molecule has 9 nitrogen and oxygen atoms in total. The van der Waals surface area contributed by atoms with Gasteiger partial charge < -0.3 is 14.5 Å². The molecule has 4 rings (SSSR count). The first kappa shape index (κ1) is 28.6. The molecule has 0 aromatic heterocycles. The Morgan fingerprint density at radius 3 is 2.23 bits per heavy atom. The van der Waals surface area contributed by atoms with Crippen LogP contribution in [0.1, 0.15) is 50.8 Å². The summed E-state index contributed by atoms with van der Waals surface area (Å²) in [5.41, 5.74) is 1.23. The summed E-state index contributed by atoms with van der Waals surface area (Å²) in [4.78, 5) is 53.4. The van der Waals surface area contributed by atoms with Crippen LogP contribution in [-0.2, 0) is 4.74 Å². The summed E-state index contributed by atoms with van der Waals surface area (Å²) in [5, 5.41) is 11.1. The summed E-state index contributed by atoms with van der Waals surface area (Å²) in [7, 11) is 0. The molecule has 208 valence electrons. The Kier molecular flexibility index (Phi) is 9.34. The average molecular weight is 548 g/mol. The van der Waals surface area contributed by atoms with Gasteiger partial charge in [-0.25, -0.2) is 9.18 Å². The molecule has 0 spiro atoms. The first-order chi connectivity index (χ1) is 19.3. The number of hydrogen-bond acceptors (Lipinski definition) is 7. The molecular weight excluding hydrogens is 517 g/mol. The van der Waals surface area contributed by atoms with Crippen LogP contribution in [0, 0.1) is 21.8 Å². The zero-order valence-corrected chi connectivity index (χ0v) is 22.1. The zero-order chi connectivity index (χ0) is 28.6. The van der Waals surface area contributed by atoms with Gasteiger partial charge in [-0.2, -0.15) is 0 Å². The van der Waals surface area contributed by atoms with E-state index in [0.29, 0.717) is 43.7 Å². The first-order valence-corrected chi connectivity index (χ1v) is 13.1. The number of rotatable bonds is 10. The number of Topliss-reactive ketones (excluding diaryl/α,β-unsaturated/α-hetero) is 1. The third-order valence-corrected chi connectivity index (χ3v) is 6.99. The van der Waals surface area contributed by atoms with E-state index in [4.69, 9.17) is 4.74 Å². The standard InChI is InChI=1S/C30H30FN3O6/c1-2-40-30(37)26-5-3-4-6-27(26)33(29(36)23-9-13-25(14-10-23)34(38)39)20-19-32-17-15-22(16-18-32)28(35)21-7-11-24(31)12-8-21/h3-14,22H,2,15-20H2,1H3. The number of esters is 1. The number of piperidine rings is 1. The molecule has 0 atom stereocenters. The van der Waals surface area contributed by atoms with Gasteiger partial charge in [0.15, 0.2) is 5.78 Å². The van der Waals surface area contributed by atoms with Gasteiger partial charge in [-0.05, 0) is 81.4 Å². The number of anilines is 1. The number of nitro groups is 1. The lowest BCUT2D eigenvalue weighted by molar-refractivity contribution is -0.384. The Morgan fingerprint density at radius 1 is 0.975 bits per heavy atom. The molecule has 1 saturated heterocycles. The van der Waals surface area contributed by atoms with Crippen LogP contribution in [0.15, 0.2) is 72.8 Å². The molecule has 1 aliphatic heterocycles. The SMILES string of the molecule is CCOC(=O)c1ccccc1N(CCN1CCC(C(=O)c2ccc(F)cc2)CC1)C(=O)c1ccc([N+](=O)[O-])cc1. The summed E-state index contributed by atoms with van der Waals surface area (Å²) in [6.07, 6.45) is 1.26. The van der Waals surface area contributed by atoms with Crippen LogP contribution in [0.5, 0.6) is 0 Å². The van der Waals surface area contributed by atoms with Gasteiger partial charge in [0.05, 0.1) is 22.8 Å². The summed E-state index contributed by atoms with van der Waals surface area (Å²) < 4.78 is 18.4. The number of ether oxygens (including phenoxy) is 1. The number of carbonyl (C=O) groups excluding carboxylic acids is 3. The Bertz CT molecular complexity index is 1370. The normalized spacial score (nSPS) is 13.9. The number of non-ortho nitro benzene ring substituents is 1. The van der Waals surface area contributed by atoms with Gasteiger partial charge in [-0.1, -0.05) is 12.1 Å². The number of benzene rings is 3. The fourth-order valence-electron chi connectivity index (χ4n) is 4.81. The second-order valence-electron chi connectivity index (χ2n) is 9.49. The van der Waals surface area contributed by atoms with E-state index in [1.807, 2.05) is 0 Å². The second-order valence-corrected chi connectivity index (χ2v) is 9.49. The molecular formula is C30H30FN3O6. The molecule has 3 aromatic rings. The maximum atomic E-state index is 13.7. The lowest BCUT2D eigenvalue weighted by Gasteiger charge is -2.33. The third-order valence-electron chi connectivity index (χ3n) is 6.99. The number of hydrogen-bond donors (Lipinski definition) is 0. The summed E-state index contributed by atoms with van der Waals surface area (Å²) in [6, 6.07) is 17.6. The molecule has 40 heavy (non-hydrogen) atoms. The predicted octanol–water partition coefficient (Wildman–Crippen LogP) is 5.15. The van der Waals surface area contributed by atoms with Crippen molar-refractivity contribution in [1.29, 1.82) is 0 Å². The van der Waals surface area contributed by atoms with Crippen molar-refractivity contribution >= 4 is 29.0 Å². The summed E-state index contributed by atoms with van der Waals surface area (Å²) in [6.45, 7) is 3.86. The average Bonchev–Trinajstić information content (AvgIpc) is 2.98. The Balaban J connectivity index is 1.50. The van der Waals surface area contributed by atoms with Crippen molar-refractivity contribution in [2.24, 2.45) is 5.92 Å². The van der Waals surface area contributed by atoms with Crippen LogP contribution in [0.4, 0.5) is 15.8 Å². The van der Waals surface area contributed by atoms with Gasteiger partial charge in [0.2, 0.25) is 0 Å². The molecule has 0 radical (unpaired) electrons. The molecule has 3 aromatic carbocycles. The van der Waals surface area contributed by atoms with Crippen LogP contribution in [0.25, 0.3) is 0 Å². The Morgan fingerprint density at radius 2 is 1.60 bits per heavy atom. The fraction of sp³-hybridized carbons (Fsp3) is 0.300. The molecule has 1 heterocycles. The highest BCUT2D eigenvalue weighted by Gasteiger charge is 2.28. The van der Waals surface area contributed by atoms with Gasteiger partial charge in [0, 0.05) is 42.3 Å². The lowest BCUT2D eigenvalue weighted by Crippen LogP contribution is -2.43. The molecule has 0 saturated carbocycles. The van der Waals surface area contributed by atoms with Crippen molar-refractivity contribution in [2.45, 2.75) is 19.8 Å². The monoisotopic (exact) mass is 547 g/mol. The van der Waals surface area contributed by atoms with Crippen molar-refractivity contribution in [3.05, 3.63) is 105 Å². The van der Waals surface area contributed by atoms with E-state index in [-0.39, 0.29) is 47.5 Å². The molecule has 0 aliphatic carbocycles. The Hall–Kier alpha value is -4.44. The summed E-state index contributed by atoms with van der Waals surface area (Å²) in [5.74, 6) is -1.52. The van der Waals surface area contributed by atoms with Gasteiger partial charge in [0.25, 0.3) is 11.6 Å². The molecule has 10 heteroatoms. The van der Waals surface area contributed by atoms with Crippen molar-refractivity contribution < 1.29 is 28.4 Å². The number of likely N-dealkylation sites (tertiary alicyclic amines) is 1. The third kappa shape index (κ3) is 6.76. The number of para-hydroxylation sites is 1. The molecule has 0 unspecified atom stereocenters. The molecule has 0 N–H and O–H groups in total. The van der Waals surface area contributed by atoms with Crippen molar-refractivity contribution in [3.8, 4) is 0 Å². The number of ketones is 1. The van der Waals surface area contributed by atoms with Gasteiger partial charge >= 0.3 is 5.97 Å². The first-order valence-electron chi connectivity index (χ1n) is 13.1. The maximum absolute atomic E-state index is 13.7. The number of nitro benzene ring substituents is 1. The van der Waals surface area contributed by atoms with E-state index in [2.05, 4.69) is 4.90 Å². The smallest absolute Gasteiger partial charge is 0.340 e. The topological polar surface area (TPSA) is 110 Å². The lowest BCUT2D eigenvalue weighted by atomic mass is 9.89. The number of amides is 1. The summed E-state index contributed by atoms with van der Waals surface area (Å²) >= 11 is 0. The minimum absolute atomic E-state index is 0.00186. The van der Waals surface area contributed by atoms with E-state index < -0.39 is 16.8 Å². The van der Waals surface area contributed by atoms with Crippen molar-refractivity contribution in [2.75, 3.05) is 37.7 Å². The van der Waals surface area contributed by atoms with Crippen LogP contribution in [0.3, 0.4) is 0 Å². The highest BCUT2D eigenvalue weighted by molar-refractivity contribution is 6.09. The van der Waals surface area contributed by atoms with E-state index in [0.717, 1.165) is 0 Å².